The topological polar surface area (TPSA) is 53.7 Å². The van der Waals surface area contributed by atoms with Crippen LogP contribution in [0.2, 0.25) is 0 Å². The van der Waals surface area contributed by atoms with Gasteiger partial charge >= 0.3 is 13.7 Å². The number of ether oxygens (including phenoxy) is 1. The zero-order valence-electron chi connectivity index (χ0n) is 13.8. The van der Waals surface area contributed by atoms with Crippen molar-refractivity contribution < 1.29 is 22.8 Å². The number of nitrogens with two attached hydrogens (primary N) is 1. The highest BCUT2D eigenvalue weighted by Crippen LogP contribution is 2.38. The first kappa shape index (κ1) is 17.9. The van der Waals surface area contributed by atoms with Gasteiger partial charge in [-0.25, -0.2) is 0 Å². The third-order valence-electron chi connectivity index (χ3n) is 4.23. The van der Waals surface area contributed by atoms with Crippen LogP contribution in [-0.4, -0.2) is 31.5 Å². The molecule has 4 nitrogen and oxygen atoms in total. The van der Waals surface area contributed by atoms with Crippen LogP contribution in [0.25, 0.3) is 6.08 Å². The van der Waals surface area contributed by atoms with E-state index in [9.17, 15) is 8.78 Å². The zero-order chi connectivity index (χ0) is 17.3. The summed E-state index contributed by atoms with van der Waals surface area (Å²) < 4.78 is 40.9. The Bertz CT molecular complexity index is 574. The standard InChI is InChI=1S/C16H22BF2NO3/c1-15(2)16(3,4)23-17(22-15)12(10-20)8-11-6-5-7-13(9-11)21-14(18)19/h5-9,14H,10,20H2,1-4H3. The van der Waals surface area contributed by atoms with Gasteiger partial charge in [-0.15, -0.1) is 0 Å². The van der Waals surface area contributed by atoms with Crippen LogP contribution < -0.4 is 10.5 Å². The molecule has 126 valence electrons. The van der Waals surface area contributed by atoms with E-state index in [1.807, 2.05) is 27.7 Å². The van der Waals surface area contributed by atoms with Gasteiger partial charge in [0, 0.05) is 6.54 Å². The minimum atomic E-state index is -2.86. The molecule has 0 radical (unpaired) electrons. The van der Waals surface area contributed by atoms with Crippen molar-refractivity contribution in [3.05, 3.63) is 35.3 Å². The van der Waals surface area contributed by atoms with Crippen molar-refractivity contribution in [2.24, 2.45) is 5.73 Å². The van der Waals surface area contributed by atoms with Crippen molar-refractivity contribution in [2.75, 3.05) is 6.54 Å². The lowest BCUT2D eigenvalue weighted by Gasteiger charge is -2.32. The molecule has 0 aromatic heterocycles. The van der Waals surface area contributed by atoms with Crippen molar-refractivity contribution in [1.29, 1.82) is 0 Å². The fraction of sp³-hybridized carbons (Fsp3) is 0.500. The van der Waals surface area contributed by atoms with Gasteiger partial charge in [0.2, 0.25) is 0 Å². The Balaban J connectivity index is 2.23. The molecule has 0 aliphatic carbocycles. The molecule has 1 aliphatic rings. The first-order valence-electron chi connectivity index (χ1n) is 7.46. The maximum atomic E-state index is 12.3. The Kier molecular flexibility index (Phi) is 5.13. The van der Waals surface area contributed by atoms with E-state index in [1.165, 1.54) is 12.1 Å². The summed E-state index contributed by atoms with van der Waals surface area (Å²) in [6.07, 6.45) is 1.78. The van der Waals surface area contributed by atoms with E-state index >= 15 is 0 Å². The quantitative estimate of drug-likeness (QED) is 0.844. The lowest BCUT2D eigenvalue weighted by atomic mass is 9.77. The largest absolute Gasteiger partial charge is 0.491 e. The Labute approximate surface area is 135 Å². The van der Waals surface area contributed by atoms with Crippen LogP contribution in [0.5, 0.6) is 5.75 Å². The number of alkyl halides is 2. The van der Waals surface area contributed by atoms with E-state index in [4.69, 9.17) is 15.0 Å². The molecule has 0 spiro atoms. The van der Waals surface area contributed by atoms with Crippen LogP contribution >= 0.6 is 0 Å². The molecule has 7 heteroatoms. The Morgan fingerprint density at radius 3 is 2.39 bits per heavy atom. The smallest absolute Gasteiger partial charge is 0.435 e. The highest BCUT2D eigenvalue weighted by atomic mass is 19.3. The average molecular weight is 325 g/mol. The van der Waals surface area contributed by atoms with Gasteiger partial charge < -0.3 is 19.8 Å². The molecule has 1 saturated heterocycles. The predicted octanol–water partition coefficient (Wildman–Crippen LogP) is 3.26. The van der Waals surface area contributed by atoms with E-state index in [0.29, 0.717) is 5.56 Å². The van der Waals surface area contributed by atoms with Gasteiger partial charge in [-0.05, 0) is 50.9 Å². The Hall–Kier alpha value is -1.44. The molecule has 0 amide bonds. The van der Waals surface area contributed by atoms with Gasteiger partial charge in [0.15, 0.2) is 0 Å². The van der Waals surface area contributed by atoms with E-state index in [2.05, 4.69) is 4.74 Å². The molecule has 1 aromatic carbocycles. The fourth-order valence-electron chi connectivity index (χ4n) is 2.21. The summed E-state index contributed by atoms with van der Waals surface area (Å²) in [5.41, 5.74) is 6.31. The van der Waals surface area contributed by atoms with Crippen molar-refractivity contribution in [2.45, 2.75) is 45.5 Å². The van der Waals surface area contributed by atoms with Gasteiger partial charge in [0.05, 0.1) is 11.2 Å². The molecule has 0 saturated carbocycles. The summed E-state index contributed by atoms with van der Waals surface area (Å²) in [7, 11) is -0.565. The van der Waals surface area contributed by atoms with Crippen molar-refractivity contribution in [1.82, 2.24) is 0 Å². The molecule has 0 unspecified atom stereocenters. The Morgan fingerprint density at radius 1 is 1.26 bits per heavy atom. The van der Waals surface area contributed by atoms with Crippen LogP contribution in [0.15, 0.2) is 29.7 Å². The van der Waals surface area contributed by atoms with Gasteiger partial charge in [0.1, 0.15) is 5.75 Å². The molecule has 0 atom stereocenters. The summed E-state index contributed by atoms with van der Waals surface area (Å²) in [6, 6.07) is 6.41. The molecule has 1 fully saturated rings. The summed E-state index contributed by atoms with van der Waals surface area (Å²) in [6.45, 7) is 5.20. The fourth-order valence-corrected chi connectivity index (χ4v) is 2.21. The summed E-state index contributed by atoms with van der Waals surface area (Å²) in [5.74, 6) is 0.0963. The van der Waals surface area contributed by atoms with Gasteiger partial charge in [0.25, 0.3) is 0 Å². The molecular weight excluding hydrogens is 303 g/mol. The first-order valence-corrected chi connectivity index (χ1v) is 7.46. The van der Waals surface area contributed by atoms with E-state index in [0.717, 1.165) is 5.47 Å². The van der Waals surface area contributed by atoms with Crippen LogP contribution in [0, 0.1) is 0 Å². The second-order valence-electron chi connectivity index (χ2n) is 6.46. The van der Waals surface area contributed by atoms with Gasteiger partial charge in [-0.1, -0.05) is 18.2 Å². The minimum absolute atomic E-state index is 0.0963. The molecule has 1 heterocycles. The van der Waals surface area contributed by atoms with Gasteiger partial charge in [-0.3, -0.25) is 0 Å². The zero-order valence-corrected chi connectivity index (χ0v) is 13.8. The van der Waals surface area contributed by atoms with Crippen molar-refractivity contribution in [3.8, 4) is 5.75 Å². The molecule has 0 bridgehead atoms. The van der Waals surface area contributed by atoms with Crippen LogP contribution in [0.3, 0.4) is 0 Å². The maximum absolute atomic E-state index is 12.3. The average Bonchev–Trinajstić information content (AvgIpc) is 2.64. The van der Waals surface area contributed by atoms with E-state index in [1.54, 1.807) is 18.2 Å². The molecular formula is C16H22BF2NO3. The molecule has 1 aliphatic heterocycles. The monoisotopic (exact) mass is 325 g/mol. The van der Waals surface area contributed by atoms with Crippen LogP contribution in [0.1, 0.15) is 33.3 Å². The first-order chi connectivity index (χ1) is 10.6. The predicted molar refractivity (Wildman–Crippen MR) is 86.2 cm³/mol. The third-order valence-corrected chi connectivity index (χ3v) is 4.23. The molecule has 2 N–H and O–H groups in total. The summed E-state index contributed by atoms with van der Waals surface area (Å²) in [5, 5.41) is 0. The molecule has 1 aromatic rings. The SMILES string of the molecule is CC1(C)OB(C(=Cc2cccc(OC(F)F)c2)CN)OC1(C)C. The summed E-state index contributed by atoms with van der Waals surface area (Å²) in [4.78, 5) is 0. The number of hydrogen-bond donors (Lipinski definition) is 1. The van der Waals surface area contributed by atoms with Crippen LogP contribution in [-0.2, 0) is 9.31 Å². The lowest BCUT2D eigenvalue weighted by molar-refractivity contribution is -0.0498. The maximum Gasteiger partial charge on any atom is 0.491 e. The third kappa shape index (κ3) is 4.10. The van der Waals surface area contributed by atoms with E-state index < -0.39 is 24.9 Å². The summed E-state index contributed by atoms with van der Waals surface area (Å²) >= 11 is 0. The molecule has 2 rings (SSSR count). The highest BCUT2D eigenvalue weighted by Gasteiger charge is 2.52. The second kappa shape index (κ2) is 6.59. The van der Waals surface area contributed by atoms with Crippen molar-refractivity contribution in [3.63, 3.8) is 0 Å². The number of rotatable bonds is 5. The van der Waals surface area contributed by atoms with Crippen molar-refractivity contribution >= 4 is 13.2 Å². The minimum Gasteiger partial charge on any atom is -0.435 e. The second-order valence-corrected chi connectivity index (χ2v) is 6.46. The number of hydrogen-bond acceptors (Lipinski definition) is 4. The lowest BCUT2D eigenvalue weighted by Crippen LogP contribution is -2.41. The Morgan fingerprint density at radius 2 is 1.87 bits per heavy atom. The number of halogens is 2. The highest BCUT2D eigenvalue weighted by molar-refractivity contribution is 6.55. The normalized spacial score (nSPS) is 20.2. The van der Waals surface area contributed by atoms with Gasteiger partial charge in [-0.2, -0.15) is 8.78 Å². The van der Waals surface area contributed by atoms with E-state index in [-0.39, 0.29) is 12.3 Å². The number of benzene rings is 1. The molecule has 23 heavy (non-hydrogen) atoms. The van der Waals surface area contributed by atoms with Crippen LogP contribution in [0.4, 0.5) is 8.78 Å².